The summed E-state index contributed by atoms with van der Waals surface area (Å²) in [7, 11) is 3.23. The van der Waals surface area contributed by atoms with Gasteiger partial charge in [-0.15, -0.1) is 0 Å². The maximum absolute atomic E-state index is 12.8. The van der Waals surface area contributed by atoms with Gasteiger partial charge < -0.3 is 14.1 Å². The summed E-state index contributed by atoms with van der Waals surface area (Å²) in [5, 5.41) is 5.14. The molecule has 1 aromatic carbocycles. The molecule has 0 spiro atoms. The first-order valence-corrected chi connectivity index (χ1v) is 8.34. The molecule has 7 heteroatoms. The Bertz CT molecular complexity index is 943. The molecule has 26 heavy (non-hydrogen) atoms. The summed E-state index contributed by atoms with van der Waals surface area (Å²) in [6.45, 7) is 2.52. The lowest BCUT2D eigenvalue weighted by molar-refractivity contribution is 0.0717. The van der Waals surface area contributed by atoms with Crippen LogP contribution in [-0.4, -0.2) is 41.4 Å². The Balaban J connectivity index is 1.83. The Kier molecular flexibility index (Phi) is 5.18. The molecule has 0 radical (unpaired) electrons. The molecule has 7 nitrogen and oxygen atoms in total. The normalized spacial score (nSPS) is 12.3. The average Bonchev–Trinajstić information content (AvgIpc) is 3.09. The zero-order valence-electron chi connectivity index (χ0n) is 15.0. The first-order chi connectivity index (χ1) is 12.5. The highest BCUT2D eigenvalue weighted by Crippen LogP contribution is 2.27. The van der Waals surface area contributed by atoms with Crippen LogP contribution in [0.1, 0.15) is 29.2 Å². The minimum absolute atomic E-state index is 0.200. The fourth-order valence-corrected chi connectivity index (χ4v) is 2.66. The zero-order valence-corrected chi connectivity index (χ0v) is 15.0. The lowest BCUT2D eigenvalue weighted by atomic mass is 10.2. The predicted molar refractivity (Wildman–Crippen MR) is 97.1 cm³/mol. The zero-order chi connectivity index (χ0) is 18.7. The first-order valence-electron chi connectivity index (χ1n) is 8.34. The molecular weight excluding hydrogens is 334 g/mol. The number of hydrogen-bond acceptors (Lipinski definition) is 5. The van der Waals surface area contributed by atoms with Crippen LogP contribution < -0.4 is 5.56 Å². The summed E-state index contributed by atoms with van der Waals surface area (Å²) in [4.78, 5) is 26.2. The smallest absolute Gasteiger partial charge is 0.274 e. The fourth-order valence-electron chi connectivity index (χ4n) is 2.66. The highest BCUT2D eigenvalue weighted by Gasteiger charge is 2.23. The van der Waals surface area contributed by atoms with Crippen LogP contribution in [0.3, 0.4) is 0 Å². The first kappa shape index (κ1) is 17.9. The van der Waals surface area contributed by atoms with Crippen molar-refractivity contribution < 1.29 is 13.9 Å². The number of para-hydroxylation sites is 1. The minimum Gasteiger partial charge on any atom is -0.459 e. The number of fused-ring (bicyclic) bond motifs is 1. The summed E-state index contributed by atoms with van der Waals surface area (Å²) < 4.78 is 12.0. The van der Waals surface area contributed by atoms with Gasteiger partial charge in [-0.05, 0) is 25.1 Å². The van der Waals surface area contributed by atoms with Gasteiger partial charge in [0, 0.05) is 25.6 Å². The van der Waals surface area contributed by atoms with Gasteiger partial charge >= 0.3 is 0 Å². The Morgan fingerprint density at radius 1 is 1.31 bits per heavy atom. The van der Waals surface area contributed by atoms with E-state index in [1.807, 2.05) is 37.3 Å². The Labute approximate surface area is 150 Å². The minimum atomic E-state index is -0.288. The molecule has 0 saturated carbocycles. The van der Waals surface area contributed by atoms with E-state index in [4.69, 9.17) is 9.15 Å². The van der Waals surface area contributed by atoms with E-state index in [-0.39, 0.29) is 23.2 Å². The summed E-state index contributed by atoms with van der Waals surface area (Å²) in [5.74, 6) is 0.402. The molecule has 0 aliphatic heterocycles. The Morgan fingerprint density at radius 3 is 2.81 bits per heavy atom. The van der Waals surface area contributed by atoms with Crippen molar-refractivity contribution in [2.45, 2.75) is 19.5 Å². The van der Waals surface area contributed by atoms with Crippen molar-refractivity contribution in [2.24, 2.45) is 0 Å². The number of amides is 1. The topological polar surface area (TPSA) is 77.6 Å². The van der Waals surface area contributed by atoms with E-state index in [2.05, 4.69) is 5.10 Å². The number of carbonyl (C=O) groups excluding carboxylic acids is 1. The van der Waals surface area contributed by atoms with Crippen molar-refractivity contribution in [2.75, 3.05) is 20.8 Å². The van der Waals surface area contributed by atoms with E-state index in [9.17, 15) is 9.59 Å². The van der Waals surface area contributed by atoms with Crippen molar-refractivity contribution in [3.63, 3.8) is 0 Å². The van der Waals surface area contributed by atoms with E-state index in [1.54, 1.807) is 19.1 Å². The number of hydrogen-bond donors (Lipinski definition) is 0. The molecule has 2 aromatic heterocycles. The van der Waals surface area contributed by atoms with E-state index < -0.39 is 0 Å². The number of aromatic nitrogens is 2. The van der Waals surface area contributed by atoms with E-state index in [0.717, 1.165) is 11.0 Å². The average molecular weight is 355 g/mol. The second-order valence-electron chi connectivity index (χ2n) is 6.05. The fraction of sp³-hybridized carbons (Fsp3) is 0.316. The Hall–Kier alpha value is -2.93. The molecule has 1 atom stereocenters. The molecule has 0 aliphatic carbocycles. The van der Waals surface area contributed by atoms with Crippen LogP contribution >= 0.6 is 0 Å². The van der Waals surface area contributed by atoms with Crippen molar-refractivity contribution in [1.29, 1.82) is 0 Å². The molecule has 136 valence electrons. The highest BCUT2D eigenvalue weighted by molar-refractivity contribution is 5.92. The third-order valence-electron chi connectivity index (χ3n) is 4.35. The summed E-state index contributed by atoms with van der Waals surface area (Å²) in [5.41, 5.74) is 0.708. The van der Waals surface area contributed by atoms with Crippen LogP contribution in [0.4, 0.5) is 0 Å². The van der Waals surface area contributed by atoms with Crippen LogP contribution in [0, 0.1) is 0 Å². The molecular formula is C19H21N3O4. The van der Waals surface area contributed by atoms with Crippen LogP contribution in [0.15, 0.2) is 51.7 Å². The quantitative estimate of drug-likeness (QED) is 0.679. The lowest BCUT2D eigenvalue weighted by Crippen LogP contribution is -2.33. The molecule has 0 bridgehead atoms. The molecule has 2 heterocycles. The van der Waals surface area contributed by atoms with Gasteiger partial charge in [-0.2, -0.15) is 5.10 Å². The molecule has 0 aliphatic rings. The monoisotopic (exact) mass is 355 g/mol. The van der Waals surface area contributed by atoms with E-state index in [0.29, 0.717) is 18.9 Å². The summed E-state index contributed by atoms with van der Waals surface area (Å²) in [6.07, 6.45) is 0. The van der Waals surface area contributed by atoms with Gasteiger partial charge in [-0.25, -0.2) is 4.68 Å². The van der Waals surface area contributed by atoms with Gasteiger partial charge in [0.25, 0.3) is 11.5 Å². The number of nitrogens with zero attached hydrogens (tertiary/aromatic N) is 3. The molecule has 3 rings (SSSR count). The van der Waals surface area contributed by atoms with Crippen LogP contribution in [0.5, 0.6) is 0 Å². The van der Waals surface area contributed by atoms with Gasteiger partial charge in [-0.3, -0.25) is 9.59 Å². The second kappa shape index (κ2) is 7.53. The number of furan rings is 1. The number of benzene rings is 1. The predicted octanol–water partition coefficient (Wildman–Crippen LogP) is 2.47. The van der Waals surface area contributed by atoms with Crippen molar-refractivity contribution in [3.05, 3.63) is 64.3 Å². The maximum Gasteiger partial charge on any atom is 0.274 e. The van der Waals surface area contributed by atoms with Crippen LogP contribution in [0.25, 0.3) is 11.0 Å². The van der Waals surface area contributed by atoms with E-state index in [1.165, 1.54) is 16.8 Å². The van der Waals surface area contributed by atoms with Crippen LogP contribution in [0.2, 0.25) is 0 Å². The standard InChI is InChI=1S/C19H21N3O4/c1-13(17-12-14-6-4-5-7-16(14)26-17)21(2)19(24)15-8-9-18(23)22(20-15)10-11-25-3/h4-9,12-13H,10-11H2,1-3H3. The summed E-state index contributed by atoms with van der Waals surface area (Å²) >= 11 is 0. The molecule has 1 amide bonds. The van der Waals surface area contributed by atoms with Gasteiger partial charge in [0.05, 0.1) is 19.2 Å². The van der Waals surface area contributed by atoms with Crippen LogP contribution in [-0.2, 0) is 11.3 Å². The van der Waals surface area contributed by atoms with Crippen molar-refractivity contribution in [1.82, 2.24) is 14.7 Å². The van der Waals surface area contributed by atoms with E-state index >= 15 is 0 Å². The molecule has 1 unspecified atom stereocenters. The lowest BCUT2D eigenvalue weighted by Gasteiger charge is -2.23. The number of carbonyl (C=O) groups is 1. The molecule has 3 aromatic rings. The molecule has 0 N–H and O–H groups in total. The van der Waals surface area contributed by atoms with Crippen molar-refractivity contribution in [3.8, 4) is 0 Å². The highest BCUT2D eigenvalue weighted by atomic mass is 16.5. The second-order valence-corrected chi connectivity index (χ2v) is 6.05. The Morgan fingerprint density at radius 2 is 2.08 bits per heavy atom. The van der Waals surface area contributed by atoms with Gasteiger partial charge in [0.15, 0.2) is 0 Å². The number of ether oxygens (including phenoxy) is 1. The largest absolute Gasteiger partial charge is 0.459 e. The number of rotatable bonds is 6. The summed E-state index contributed by atoms with van der Waals surface area (Å²) in [6, 6.07) is 12.1. The molecule has 0 fully saturated rings. The SMILES string of the molecule is COCCn1nc(C(=O)N(C)C(C)c2cc3ccccc3o2)ccc1=O. The molecule has 0 saturated heterocycles. The maximum atomic E-state index is 12.8. The van der Waals surface area contributed by atoms with Gasteiger partial charge in [0.1, 0.15) is 17.0 Å². The third-order valence-corrected chi connectivity index (χ3v) is 4.35. The third kappa shape index (κ3) is 3.52. The van der Waals surface area contributed by atoms with Crippen molar-refractivity contribution >= 4 is 16.9 Å². The van der Waals surface area contributed by atoms with Gasteiger partial charge in [0.2, 0.25) is 0 Å². The van der Waals surface area contributed by atoms with Gasteiger partial charge in [-0.1, -0.05) is 18.2 Å². The number of methoxy groups -OCH3 is 1.